The second kappa shape index (κ2) is 11.2. The molecule has 0 saturated carbocycles. The molecule has 0 bridgehead atoms. The average Bonchev–Trinajstić information content (AvgIpc) is 3.77. The second-order valence-electron chi connectivity index (χ2n) is 15.6. The van der Waals surface area contributed by atoms with Crippen molar-refractivity contribution < 1.29 is 0 Å². The van der Waals surface area contributed by atoms with Crippen molar-refractivity contribution in [3.05, 3.63) is 221 Å². The Bertz CT molecular complexity index is 2610. The number of benzene rings is 7. The maximum atomic E-state index is 2.51. The van der Waals surface area contributed by atoms with Crippen molar-refractivity contribution in [3.63, 3.8) is 0 Å². The Morgan fingerprint density at radius 2 is 0.943 bits per heavy atom. The zero-order chi connectivity index (χ0) is 35.3. The molecule has 1 heteroatoms. The maximum absolute atomic E-state index is 2.51. The van der Waals surface area contributed by atoms with Crippen molar-refractivity contribution >= 4 is 17.1 Å². The van der Waals surface area contributed by atoms with Gasteiger partial charge in [0.25, 0.3) is 0 Å². The van der Waals surface area contributed by atoms with Crippen LogP contribution in [-0.4, -0.2) is 0 Å². The van der Waals surface area contributed by atoms with Gasteiger partial charge in [0, 0.05) is 34.3 Å². The molecule has 7 aromatic rings. The van der Waals surface area contributed by atoms with E-state index in [0.29, 0.717) is 5.92 Å². The molecule has 0 N–H and O–H groups in total. The lowest BCUT2D eigenvalue weighted by Crippen LogP contribution is -2.32. The van der Waals surface area contributed by atoms with Gasteiger partial charge >= 0.3 is 0 Å². The van der Waals surface area contributed by atoms with E-state index in [-0.39, 0.29) is 16.7 Å². The van der Waals surface area contributed by atoms with E-state index in [2.05, 4.69) is 207 Å². The van der Waals surface area contributed by atoms with Crippen LogP contribution >= 0.6 is 0 Å². The van der Waals surface area contributed by atoms with E-state index >= 15 is 0 Å². The third kappa shape index (κ3) is 4.14. The Morgan fingerprint density at radius 1 is 0.415 bits per heavy atom. The molecule has 53 heavy (non-hydrogen) atoms. The van der Waals surface area contributed by atoms with Gasteiger partial charge in [0.1, 0.15) is 0 Å². The predicted molar refractivity (Wildman–Crippen MR) is 220 cm³/mol. The molecule has 1 spiro atoms. The third-order valence-corrected chi connectivity index (χ3v) is 12.8. The summed E-state index contributed by atoms with van der Waals surface area (Å²) in [7, 11) is 0. The van der Waals surface area contributed by atoms with E-state index in [1.54, 1.807) is 0 Å². The number of fused-ring (bicyclic) bond motifs is 13. The van der Waals surface area contributed by atoms with Crippen LogP contribution < -0.4 is 4.90 Å². The number of rotatable bonds is 4. The van der Waals surface area contributed by atoms with Gasteiger partial charge in [-0.15, -0.1) is 0 Å². The Kier molecular flexibility index (Phi) is 6.41. The van der Waals surface area contributed by atoms with E-state index in [4.69, 9.17) is 0 Å². The molecule has 0 saturated heterocycles. The van der Waals surface area contributed by atoms with Crippen LogP contribution in [-0.2, 0) is 10.8 Å². The highest BCUT2D eigenvalue weighted by atomic mass is 15.1. The van der Waals surface area contributed by atoms with Crippen LogP contribution in [0.15, 0.2) is 188 Å². The minimum Gasteiger partial charge on any atom is -0.310 e. The summed E-state index contributed by atoms with van der Waals surface area (Å²) >= 11 is 0. The van der Waals surface area contributed by atoms with E-state index in [9.17, 15) is 0 Å². The van der Waals surface area contributed by atoms with Crippen molar-refractivity contribution in [1.29, 1.82) is 0 Å². The highest BCUT2D eigenvalue weighted by Gasteiger charge is 2.57. The van der Waals surface area contributed by atoms with Crippen LogP contribution in [0.1, 0.15) is 53.1 Å². The van der Waals surface area contributed by atoms with Crippen LogP contribution in [0.5, 0.6) is 0 Å². The second-order valence-corrected chi connectivity index (χ2v) is 15.6. The molecule has 4 aliphatic rings. The molecule has 252 valence electrons. The lowest BCUT2D eigenvalue weighted by molar-refractivity contribution is 0.465. The standard InChI is InChI=1S/C52H39N/c1-51(2)45-20-10-6-16-39(45)43-30-28-38(33-50(43)51)53(36-26-24-35(25-27-36)34-14-4-3-5-15-34)37-29-31-49-44(32-37)42-19-9-13-23-48(42)52(49)46-21-11-7-17-40(46)41-18-8-12-22-47(41)52/h3-33,42,48H,1-2H3. The Morgan fingerprint density at radius 3 is 1.66 bits per heavy atom. The number of hydrogen-bond acceptors (Lipinski definition) is 1. The molecular weight excluding hydrogens is 639 g/mol. The van der Waals surface area contributed by atoms with Gasteiger partial charge in [0.05, 0.1) is 5.41 Å². The summed E-state index contributed by atoms with van der Waals surface area (Å²) in [5.74, 6) is 0.561. The van der Waals surface area contributed by atoms with Crippen molar-refractivity contribution in [3.8, 4) is 33.4 Å². The van der Waals surface area contributed by atoms with Gasteiger partial charge in [-0.3, -0.25) is 0 Å². The van der Waals surface area contributed by atoms with E-state index in [0.717, 1.165) is 5.69 Å². The predicted octanol–water partition coefficient (Wildman–Crippen LogP) is 13.3. The quantitative estimate of drug-likeness (QED) is 0.179. The number of allylic oxidation sites excluding steroid dienone is 4. The normalized spacial score (nSPS) is 18.5. The smallest absolute Gasteiger partial charge is 0.0537 e. The Labute approximate surface area is 312 Å². The zero-order valence-electron chi connectivity index (χ0n) is 30.0. The van der Waals surface area contributed by atoms with Gasteiger partial charge in [0.15, 0.2) is 0 Å². The monoisotopic (exact) mass is 677 g/mol. The van der Waals surface area contributed by atoms with Gasteiger partial charge < -0.3 is 4.90 Å². The molecule has 1 nitrogen and oxygen atoms in total. The van der Waals surface area contributed by atoms with Crippen LogP contribution in [0.25, 0.3) is 33.4 Å². The molecule has 0 fully saturated rings. The number of nitrogens with zero attached hydrogens (tertiary/aromatic N) is 1. The van der Waals surface area contributed by atoms with Crippen molar-refractivity contribution in [2.45, 2.75) is 30.6 Å². The van der Waals surface area contributed by atoms with E-state index in [1.807, 2.05) is 0 Å². The molecule has 0 amide bonds. The number of hydrogen-bond donors (Lipinski definition) is 0. The minimum atomic E-state index is -0.238. The summed E-state index contributed by atoms with van der Waals surface area (Å²) in [6, 6.07) is 61.4. The first-order chi connectivity index (χ1) is 26.0. The highest BCUT2D eigenvalue weighted by Crippen LogP contribution is 2.65. The molecule has 0 aliphatic heterocycles. The van der Waals surface area contributed by atoms with Crippen LogP contribution in [0.2, 0.25) is 0 Å². The molecule has 0 heterocycles. The fourth-order valence-electron chi connectivity index (χ4n) is 10.5. The molecule has 0 radical (unpaired) electrons. The molecule has 7 aromatic carbocycles. The zero-order valence-corrected chi connectivity index (χ0v) is 30.0. The SMILES string of the molecule is CC1(C)c2ccccc2-c2ccc(N(c3ccc(-c4ccccc4)cc3)c3ccc4c(c3)C3C=CC=CC3C43c4ccccc4-c4ccccc43)cc21. The largest absolute Gasteiger partial charge is 0.310 e. The molecule has 2 atom stereocenters. The summed E-state index contributed by atoms with van der Waals surface area (Å²) in [6.07, 6.45) is 9.44. The lowest BCUT2D eigenvalue weighted by atomic mass is 9.65. The van der Waals surface area contributed by atoms with Crippen LogP contribution in [0.4, 0.5) is 17.1 Å². The van der Waals surface area contributed by atoms with Crippen LogP contribution in [0, 0.1) is 5.92 Å². The fraction of sp³-hybridized carbons (Fsp3) is 0.115. The topological polar surface area (TPSA) is 3.24 Å². The van der Waals surface area contributed by atoms with Crippen molar-refractivity contribution in [2.75, 3.05) is 4.90 Å². The number of anilines is 3. The fourth-order valence-corrected chi connectivity index (χ4v) is 10.5. The average molecular weight is 678 g/mol. The van der Waals surface area contributed by atoms with Crippen molar-refractivity contribution in [2.24, 2.45) is 5.92 Å². The molecule has 4 aliphatic carbocycles. The molecular formula is C52H39N. The van der Waals surface area contributed by atoms with Crippen molar-refractivity contribution in [1.82, 2.24) is 0 Å². The highest BCUT2D eigenvalue weighted by molar-refractivity contribution is 5.89. The lowest BCUT2D eigenvalue weighted by Gasteiger charge is -2.36. The summed E-state index contributed by atoms with van der Waals surface area (Å²) in [5, 5.41) is 0. The van der Waals surface area contributed by atoms with Crippen LogP contribution in [0.3, 0.4) is 0 Å². The maximum Gasteiger partial charge on any atom is 0.0537 e. The summed E-state index contributed by atoms with van der Waals surface area (Å²) in [4.78, 5) is 2.48. The van der Waals surface area contributed by atoms with Gasteiger partial charge in [-0.25, -0.2) is 0 Å². The molecule has 11 rings (SSSR count). The first-order valence-corrected chi connectivity index (χ1v) is 18.9. The first-order valence-electron chi connectivity index (χ1n) is 18.9. The summed E-state index contributed by atoms with van der Waals surface area (Å²) < 4.78 is 0. The van der Waals surface area contributed by atoms with Gasteiger partial charge in [0.2, 0.25) is 0 Å². The molecule has 0 aromatic heterocycles. The van der Waals surface area contributed by atoms with Gasteiger partial charge in [-0.2, -0.15) is 0 Å². The minimum absolute atomic E-state index is 0.0925. The van der Waals surface area contributed by atoms with Gasteiger partial charge in [-0.05, 0) is 103 Å². The Hall–Kier alpha value is -6.18. The third-order valence-electron chi connectivity index (χ3n) is 12.8. The molecule has 2 unspecified atom stereocenters. The Balaban J connectivity index is 1.12. The van der Waals surface area contributed by atoms with E-state index < -0.39 is 0 Å². The van der Waals surface area contributed by atoms with E-state index in [1.165, 1.54) is 78.1 Å². The summed E-state index contributed by atoms with van der Waals surface area (Å²) in [6.45, 7) is 4.74. The summed E-state index contributed by atoms with van der Waals surface area (Å²) in [5.41, 5.74) is 19.5. The first kappa shape index (κ1) is 30.4. The van der Waals surface area contributed by atoms with Gasteiger partial charge in [-0.1, -0.05) is 166 Å².